The maximum absolute atomic E-state index is 11.2. The van der Waals surface area contributed by atoms with E-state index in [4.69, 9.17) is 5.11 Å². The van der Waals surface area contributed by atoms with Gasteiger partial charge in [0.2, 0.25) is 0 Å². The lowest BCUT2D eigenvalue weighted by molar-refractivity contribution is -0.137. The zero-order valence-electron chi connectivity index (χ0n) is 9.46. The summed E-state index contributed by atoms with van der Waals surface area (Å²) in [7, 11) is 0. The van der Waals surface area contributed by atoms with Crippen LogP contribution in [0, 0.1) is 11.3 Å². The van der Waals surface area contributed by atoms with E-state index in [1.54, 1.807) is 0 Å². The molecule has 1 unspecified atom stereocenters. The van der Waals surface area contributed by atoms with Crippen molar-refractivity contribution >= 4 is 11.8 Å². The summed E-state index contributed by atoms with van der Waals surface area (Å²) in [4.78, 5) is 21.6. The molecule has 0 heterocycles. The van der Waals surface area contributed by atoms with E-state index in [1.807, 2.05) is 0 Å². The molecular formula is C11H20O3. The minimum absolute atomic E-state index is 0.0782. The lowest BCUT2D eigenvalue weighted by atomic mass is 9.81. The molecule has 3 heteroatoms. The number of Topliss-reactive ketones (excluding diaryl/α,β-unsaturated/α-hetero) is 1. The summed E-state index contributed by atoms with van der Waals surface area (Å²) in [5.74, 6) is -0.836. The second-order valence-corrected chi connectivity index (χ2v) is 5.00. The number of carboxylic acid groups (broad SMARTS) is 1. The highest BCUT2D eigenvalue weighted by Crippen LogP contribution is 2.27. The Hall–Kier alpha value is -0.860. The first-order valence-electron chi connectivity index (χ1n) is 4.94. The van der Waals surface area contributed by atoms with Crippen molar-refractivity contribution in [2.24, 2.45) is 11.3 Å². The monoisotopic (exact) mass is 200 g/mol. The smallest absolute Gasteiger partial charge is 0.303 e. The van der Waals surface area contributed by atoms with Crippen LogP contribution in [0.5, 0.6) is 0 Å². The van der Waals surface area contributed by atoms with E-state index in [0.29, 0.717) is 6.42 Å². The number of rotatable bonds is 5. The molecule has 0 rings (SSSR count). The third-order valence-corrected chi connectivity index (χ3v) is 2.14. The van der Waals surface area contributed by atoms with Crippen molar-refractivity contribution in [1.29, 1.82) is 0 Å². The number of carboxylic acids is 1. The lowest BCUT2D eigenvalue weighted by Gasteiger charge is -2.23. The number of aliphatic carboxylic acids is 1. The molecule has 1 N–H and O–H groups in total. The summed E-state index contributed by atoms with van der Waals surface area (Å²) < 4.78 is 0. The highest BCUT2D eigenvalue weighted by Gasteiger charge is 2.22. The van der Waals surface area contributed by atoms with Gasteiger partial charge in [0, 0.05) is 12.3 Å². The van der Waals surface area contributed by atoms with Crippen LogP contribution in [-0.4, -0.2) is 16.9 Å². The van der Waals surface area contributed by atoms with E-state index in [2.05, 4.69) is 20.8 Å². The minimum Gasteiger partial charge on any atom is -0.481 e. The van der Waals surface area contributed by atoms with Gasteiger partial charge in [0.05, 0.1) is 0 Å². The van der Waals surface area contributed by atoms with Gasteiger partial charge < -0.3 is 5.11 Å². The number of hydrogen-bond donors (Lipinski definition) is 1. The molecule has 0 aromatic carbocycles. The molecule has 0 aromatic rings. The Balaban J connectivity index is 4.17. The van der Waals surface area contributed by atoms with Crippen LogP contribution in [0.1, 0.15) is 47.0 Å². The topological polar surface area (TPSA) is 54.4 Å². The van der Waals surface area contributed by atoms with Gasteiger partial charge in [-0.15, -0.1) is 0 Å². The Morgan fingerprint density at radius 3 is 2.07 bits per heavy atom. The van der Waals surface area contributed by atoms with Crippen LogP contribution in [-0.2, 0) is 9.59 Å². The van der Waals surface area contributed by atoms with E-state index in [1.165, 1.54) is 6.92 Å². The Kier molecular flexibility index (Phi) is 4.81. The van der Waals surface area contributed by atoms with Gasteiger partial charge in [0.15, 0.2) is 0 Å². The SMILES string of the molecule is CC(=O)C(CCC(=O)O)CC(C)(C)C. The number of carbonyl (C=O) groups is 2. The van der Waals surface area contributed by atoms with Crippen molar-refractivity contribution in [2.45, 2.75) is 47.0 Å². The molecule has 0 aliphatic rings. The van der Waals surface area contributed by atoms with E-state index in [-0.39, 0.29) is 23.5 Å². The predicted molar refractivity (Wildman–Crippen MR) is 55.1 cm³/mol. The fourth-order valence-electron chi connectivity index (χ4n) is 1.49. The van der Waals surface area contributed by atoms with Crippen LogP contribution in [0.3, 0.4) is 0 Å². The third-order valence-electron chi connectivity index (χ3n) is 2.14. The number of carbonyl (C=O) groups excluding carboxylic acids is 1. The quantitative estimate of drug-likeness (QED) is 0.741. The Morgan fingerprint density at radius 1 is 1.29 bits per heavy atom. The average molecular weight is 200 g/mol. The molecule has 0 radical (unpaired) electrons. The summed E-state index contributed by atoms with van der Waals surface area (Å²) >= 11 is 0. The van der Waals surface area contributed by atoms with E-state index in [9.17, 15) is 9.59 Å². The third kappa shape index (κ3) is 6.63. The summed E-state index contributed by atoms with van der Waals surface area (Å²) in [6.07, 6.45) is 1.30. The van der Waals surface area contributed by atoms with Crippen molar-refractivity contribution in [3.8, 4) is 0 Å². The fraction of sp³-hybridized carbons (Fsp3) is 0.818. The normalized spacial score (nSPS) is 13.7. The highest BCUT2D eigenvalue weighted by molar-refractivity contribution is 5.79. The maximum atomic E-state index is 11.2. The van der Waals surface area contributed by atoms with E-state index in [0.717, 1.165) is 6.42 Å². The highest BCUT2D eigenvalue weighted by atomic mass is 16.4. The zero-order chi connectivity index (χ0) is 11.4. The first-order valence-corrected chi connectivity index (χ1v) is 4.94. The van der Waals surface area contributed by atoms with Gasteiger partial charge in [-0.1, -0.05) is 20.8 Å². The van der Waals surface area contributed by atoms with E-state index >= 15 is 0 Å². The van der Waals surface area contributed by atoms with Gasteiger partial charge in [0.1, 0.15) is 5.78 Å². The Morgan fingerprint density at radius 2 is 1.79 bits per heavy atom. The molecule has 0 fully saturated rings. The molecule has 0 saturated heterocycles. The molecule has 0 aromatic heterocycles. The Bertz CT molecular complexity index is 213. The van der Waals surface area contributed by atoms with Crippen LogP contribution in [0.4, 0.5) is 0 Å². The maximum Gasteiger partial charge on any atom is 0.303 e. The fourth-order valence-corrected chi connectivity index (χ4v) is 1.49. The molecule has 1 atom stereocenters. The molecular weight excluding hydrogens is 180 g/mol. The average Bonchev–Trinajstić information content (AvgIpc) is 1.94. The predicted octanol–water partition coefficient (Wildman–Crippen LogP) is 2.49. The van der Waals surface area contributed by atoms with Crippen LogP contribution in [0.2, 0.25) is 0 Å². The van der Waals surface area contributed by atoms with Crippen molar-refractivity contribution in [1.82, 2.24) is 0 Å². The molecule has 0 amide bonds. The van der Waals surface area contributed by atoms with Crippen LogP contribution < -0.4 is 0 Å². The first-order chi connectivity index (χ1) is 6.22. The van der Waals surface area contributed by atoms with Crippen LogP contribution >= 0.6 is 0 Å². The second-order valence-electron chi connectivity index (χ2n) is 5.00. The molecule has 0 aliphatic carbocycles. The number of hydrogen-bond acceptors (Lipinski definition) is 2. The largest absolute Gasteiger partial charge is 0.481 e. The van der Waals surface area contributed by atoms with E-state index < -0.39 is 5.97 Å². The van der Waals surface area contributed by atoms with Crippen molar-refractivity contribution in [2.75, 3.05) is 0 Å². The molecule has 3 nitrogen and oxygen atoms in total. The molecule has 82 valence electrons. The molecule has 0 spiro atoms. The van der Waals surface area contributed by atoms with Crippen molar-refractivity contribution in [3.63, 3.8) is 0 Å². The summed E-state index contributed by atoms with van der Waals surface area (Å²) in [6, 6.07) is 0. The summed E-state index contributed by atoms with van der Waals surface area (Å²) in [5.41, 5.74) is 0.0782. The molecule has 0 bridgehead atoms. The molecule has 0 saturated carbocycles. The lowest BCUT2D eigenvalue weighted by Crippen LogP contribution is -2.20. The van der Waals surface area contributed by atoms with Gasteiger partial charge in [-0.3, -0.25) is 9.59 Å². The van der Waals surface area contributed by atoms with Crippen LogP contribution in [0.15, 0.2) is 0 Å². The first kappa shape index (κ1) is 13.1. The van der Waals surface area contributed by atoms with Gasteiger partial charge in [-0.05, 0) is 25.2 Å². The Labute approximate surface area is 85.5 Å². The second kappa shape index (κ2) is 5.13. The van der Waals surface area contributed by atoms with Gasteiger partial charge in [-0.25, -0.2) is 0 Å². The van der Waals surface area contributed by atoms with Crippen LogP contribution in [0.25, 0.3) is 0 Å². The molecule has 14 heavy (non-hydrogen) atoms. The van der Waals surface area contributed by atoms with Gasteiger partial charge >= 0.3 is 5.97 Å². The van der Waals surface area contributed by atoms with Gasteiger partial charge in [0.25, 0.3) is 0 Å². The minimum atomic E-state index is -0.829. The van der Waals surface area contributed by atoms with Gasteiger partial charge in [-0.2, -0.15) is 0 Å². The summed E-state index contributed by atoms with van der Waals surface area (Å²) in [5, 5.41) is 8.53. The number of ketones is 1. The van der Waals surface area contributed by atoms with Crippen molar-refractivity contribution < 1.29 is 14.7 Å². The molecule has 0 aliphatic heterocycles. The van der Waals surface area contributed by atoms with Crippen molar-refractivity contribution in [3.05, 3.63) is 0 Å². The standard InChI is InChI=1S/C11H20O3/c1-8(12)9(5-6-10(13)14)7-11(2,3)4/h9H,5-7H2,1-4H3,(H,13,14). The summed E-state index contributed by atoms with van der Waals surface area (Å²) in [6.45, 7) is 7.72. The zero-order valence-corrected chi connectivity index (χ0v) is 9.46.